The van der Waals surface area contributed by atoms with E-state index in [1.54, 1.807) is 5.38 Å². The number of thiophene rings is 1. The standard InChI is InChI=1S/C5H4AsO2S/c6-4-2-9-1-3(4)5(7)8/h1H,6H2,(H,7,8). The van der Waals surface area contributed by atoms with Crippen LogP contribution in [0.1, 0.15) is 10.4 Å². The van der Waals surface area contributed by atoms with Gasteiger partial charge in [-0.3, -0.25) is 0 Å². The second-order valence-corrected chi connectivity index (χ2v) is 3.36. The summed E-state index contributed by atoms with van der Waals surface area (Å²) in [5.41, 5.74) is 0.389. The summed E-state index contributed by atoms with van der Waals surface area (Å²) in [5.74, 6) is -0.855. The van der Waals surface area contributed by atoms with Crippen LogP contribution in [-0.4, -0.2) is 27.9 Å². The molecule has 1 heterocycles. The van der Waals surface area contributed by atoms with Gasteiger partial charge in [-0.25, -0.2) is 0 Å². The molecule has 4 heteroatoms. The molecule has 0 aliphatic rings. The quantitative estimate of drug-likeness (QED) is 0.625. The molecule has 0 bridgehead atoms. The molecule has 0 fully saturated rings. The number of hydrogen-bond donors (Lipinski definition) is 1. The molecule has 1 aromatic heterocycles. The molecule has 0 aliphatic heterocycles. The van der Waals surface area contributed by atoms with Crippen molar-refractivity contribution in [3.05, 3.63) is 16.3 Å². The topological polar surface area (TPSA) is 37.3 Å². The van der Waals surface area contributed by atoms with Gasteiger partial charge in [0.1, 0.15) is 0 Å². The second-order valence-electron chi connectivity index (χ2n) is 1.47. The van der Waals surface area contributed by atoms with Crippen molar-refractivity contribution in [3.8, 4) is 0 Å². The monoisotopic (exact) mass is 203 g/mol. The van der Waals surface area contributed by atoms with Crippen molar-refractivity contribution in [1.29, 1.82) is 0 Å². The summed E-state index contributed by atoms with van der Waals surface area (Å²) >= 11 is 2.61. The summed E-state index contributed by atoms with van der Waals surface area (Å²) in [5, 5.41) is 12.9. The molecule has 47 valence electrons. The Balaban J connectivity index is 3.08. The summed E-state index contributed by atoms with van der Waals surface area (Å²) < 4.78 is 0.778. The van der Waals surface area contributed by atoms with Crippen LogP contribution >= 0.6 is 11.3 Å². The molecule has 2 nitrogen and oxygen atoms in total. The molecular formula is C5H4AsO2S. The van der Waals surface area contributed by atoms with Crippen LogP contribution in [0.2, 0.25) is 0 Å². The van der Waals surface area contributed by atoms with E-state index in [0.29, 0.717) is 5.56 Å². The number of carboxylic acids is 1. The number of hydrogen-bond acceptors (Lipinski definition) is 2. The molecule has 1 atom stereocenters. The summed E-state index contributed by atoms with van der Waals surface area (Å²) in [4.78, 5) is 10.3. The third-order valence-corrected chi connectivity index (χ3v) is 2.95. The van der Waals surface area contributed by atoms with Crippen molar-refractivity contribution in [3.63, 3.8) is 0 Å². The fraction of sp³-hybridized carbons (Fsp3) is 0. The van der Waals surface area contributed by atoms with Gasteiger partial charge in [-0.2, -0.15) is 0 Å². The molecule has 0 amide bonds. The first-order valence-electron chi connectivity index (χ1n) is 2.19. The van der Waals surface area contributed by atoms with Crippen LogP contribution < -0.4 is 4.35 Å². The molecule has 0 spiro atoms. The van der Waals surface area contributed by atoms with E-state index in [2.05, 4.69) is 5.38 Å². The van der Waals surface area contributed by atoms with Crippen molar-refractivity contribution in [1.82, 2.24) is 0 Å². The average Bonchev–Trinajstić information content (AvgIpc) is 2.13. The molecule has 1 N–H and O–H groups in total. The normalized spacial score (nSPS) is 9.44. The van der Waals surface area contributed by atoms with E-state index in [0.717, 1.165) is 4.35 Å². The Morgan fingerprint density at radius 1 is 1.89 bits per heavy atom. The Bertz CT molecular complexity index is 231. The van der Waals surface area contributed by atoms with Crippen LogP contribution in [0, 0.1) is 5.38 Å². The zero-order valence-corrected chi connectivity index (χ0v) is 7.66. The van der Waals surface area contributed by atoms with E-state index in [9.17, 15) is 4.79 Å². The van der Waals surface area contributed by atoms with Crippen molar-refractivity contribution < 1.29 is 9.90 Å². The van der Waals surface area contributed by atoms with Gasteiger partial charge in [0.05, 0.1) is 0 Å². The van der Waals surface area contributed by atoms with Crippen molar-refractivity contribution >= 4 is 38.5 Å². The fourth-order valence-corrected chi connectivity index (χ4v) is 2.19. The Morgan fingerprint density at radius 3 is 2.78 bits per heavy atom. The van der Waals surface area contributed by atoms with E-state index >= 15 is 0 Å². The summed E-state index contributed by atoms with van der Waals surface area (Å²) in [6.45, 7) is 0. The fourth-order valence-electron chi connectivity index (χ4n) is 0.436. The molecule has 0 saturated carbocycles. The Hall–Kier alpha value is -0.272. The zero-order chi connectivity index (χ0) is 6.85. The van der Waals surface area contributed by atoms with Crippen molar-refractivity contribution in [2.24, 2.45) is 0 Å². The van der Waals surface area contributed by atoms with E-state index in [4.69, 9.17) is 5.11 Å². The van der Waals surface area contributed by atoms with Crippen LogP contribution in [0.25, 0.3) is 0 Å². The molecule has 1 aromatic rings. The van der Waals surface area contributed by atoms with Gasteiger partial charge in [-0.05, 0) is 0 Å². The number of aromatic carboxylic acids is 1. The van der Waals surface area contributed by atoms with Gasteiger partial charge in [0.15, 0.2) is 0 Å². The molecule has 1 radical (unpaired) electrons. The van der Waals surface area contributed by atoms with Crippen LogP contribution in [0.3, 0.4) is 0 Å². The molecule has 1 unspecified atom stereocenters. The maximum absolute atomic E-state index is 10.3. The van der Waals surface area contributed by atoms with E-state index < -0.39 is 5.97 Å². The first-order chi connectivity index (χ1) is 4.22. The van der Waals surface area contributed by atoms with Crippen LogP contribution in [-0.2, 0) is 0 Å². The summed E-state index contributed by atoms with van der Waals surface area (Å²) in [6.07, 6.45) is 0. The van der Waals surface area contributed by atoms with E-state index in [-0.39, 0.29) is 0 Å². The second kappa shape index (κ2) is 2.54. The SMILES string of the molecule is O=C(O)c1cs[c]c1[AsH2]. The predicted octanol–water partition coefficient (Wildman–Crippen LogP) is -0.495. The molecule has 0 aromatic carbocycles. The molecule has 9 heavy (non-hydrogen) atoms. The zero-order valence-electron chi connectivity index (χ0n) is 4.42. The maximum atomic E-state index is 10.3. The van der Waals surface area contributed by atoms with Crippen molar-refractivity contribution in [2.75, 3.05) is 0 Å². The van der Waals surface area contributed by atoms with Gasteiger partial charge in [0.2, 0.25) is 0 Å². The van der Waals surface area contributed by atoms with Crippen molar-refractivity contribution in [2.45, 2.75) is 0 Å². The van der Waals surface area contributed by atoms with E-state index in [1.807, 2.05) is 0 Å². The molecule has 0 aliphatic carbocycles. The van der Waals surface area contributed by atoms with Gasteiger partial charge in [0.25, 0.3) is 0 Å². The van der Waals surface area contributed by atoms with Gasteiger partial charge >= 0.3 is 64.7 Å². The third-order valence-electron chi connectivity index (χ3n) is 0.866. The number of rotatable bonds is 1. The first kappa shape index (κ1) is 6.84. The van der Waals surface area contributed by atoms with Gasteiger partial charge in [-0.15, -0.1) is 0 Å². The van der Waals surface area contributed by atoms with Gasteiger partial charge in [-0.1, -0.05) is 0 Å². The Labute approximate surface area is 65.0 Å². The van der Waals surface area contributed by atoms with Crippen LogP contribution in [0.4, 0.5) is 0 Å². The Morgan fingerprint density at radius 2 is 2.56 bits per heavy atom. The van der Waals surface area contributed by atoms with E-state index in [1.165, 1.54) is 28.2 Å². The Kier molecular flexibility index (Phi) is 1.93. The molecule has 1 rings (SSSR count). The molecular weight excluding hydrogens is 199 g/mol. The minimum atomic E-state index is -0.855. The first-order valence-corrected chi connectivity index (χ1v) is 4.29. The van der Waals surface area contributed by atoms with Gasteiger partial charge in [0, 0.05) is 0 Å². The molecule has 0 saturated heterocycles. The third kappa shape index (κ3) is 1.35. The number of carbonyl (C=O) groups is 1. The summed E-state index contributed by atoms with van der Waals surface area (Å²) in [6, 6.07) is 0. The number of carboxylic acid groups (broad SMARTS) is 1. The summed E-state index contributed by atoms with van der Waals surface area (Å²) in [7, 11) is 0. The van der Waals surface area contributed by atoms with Gasteiger partial charge < -0.3 is 0 Å². The van der Waals surface area contributed by atoms with Crippen LogP contribution in [0.15, 0.2) is 5.38 Å². The predicted molar refractivity (Wildman–Crippen MR) is 38.3 cm³/mol. The van der Waals surface area contributed by atoms with Crippen LogP contribution in [0.5, 0.6) is 0 Å². The average molecular weight is 203 g/mol. The minimum absolute atomic E-state index is 0.389.